The van der Waals surface area contributed by atoms with E-state index in [1.54, 1.807) is 19.2 Å². The third kappa shape index (κ3) is 19.1. The number of anilines is 2. The standard InChI is InChI=1S/C37H57BN6O4Si2.C24H27BN6O3.C23H23N7O/c1-28(2)35-34(25-43(38(3)45)31-14-16-46-17-15-31)41-36-32(30-22-29-12-10-11-13-33(29)39-23-30)24-40-44(36)37(35)42(26-47-18-20-49(4,5)6)27-48-19-21-50(7,8)9;1-15(32)22-21(14-30(25(2)33)18-7-9-34-10-8-18)29-24-19(13-28-31(24)23(22)26)17-11-16-5-3-4-6-20(16)27-12-17;1-14-21-20(13-24-17-6-8-31-9-7-17)27-22-18(12-26-30(22)23(21)29-28-14)16-10-15-4-2-3-5-19(15)25-11-16/h10-13,22-24,31,45H,1,14-21,25-27H2,2-9H3;3-6,11-13,18,33H,7-10,14,26H2,1-2H3;2-5,10-12,17,24H,6-9,13H2,1H3,(H,28,29). The Bertz CT molecular complexity index is 5570. The van der Waals surface area contributed by atoms with Crippen molar-refractivity contribution in [3.05, 3.63) is 169 Å². The number of H-pyrrole nitrogens is 1. The number of rotatable bonds is 27. The lowest BCUT2D eigenvalue weighted by atomic mass is 9.81. The maximum atomic E-state index is 12.6. The van der Waals surface area contributed by atoms with Crippen LogP contribution in [0.1, 0.15) is 91.1 Å². The lowest BCUT2D eigenvalue weighted by Gasteiger charge is -2.36. The second-order valence-electron chi connectivity index (χ2n) is 32.9. The minimum atomic E-state index is -1.30. The highest BCUT2D eigenvalue weighted by Gasteiger charge is 2.34. The van der Waals surface area contributed by atoms with Crippen LogP contribution in [0.15, 0.2) is 135 Å². The first-order valence-corrected chi connectivity index (χ1v) is 47.6. The van der Waals surface area contributed by atoms with Crippen LogP contribution in [0.2, 0.25) is 65.0 Å². The molecule has 6 N–H and O–H groups in total. The number of nitrogens with zero attached hydrogens (tertiary/aromatic N) is 16. The summed E-state index contributed by atoms with van der Waals surface area (Å²) in [4.78, 5) is 48.1. The fourth-order valence-electron chi connectivity index (χ4n) is 15.4. The van der Waals surface area contributed by atoms with Gasteiger partial charge in [0.1, 0.15) is 25.1 Å². The summed E-state index contributed by atoms with van der Waals surface area (Å²) in [6.45, 7) is 35.5. The van der Waals surface area contributed by atoms with Crippen LogP contribution in [0.3, 0.4) is 0 Å². The van der Waals surface area contributed by atoms with Crippen molar-refractivity contribution in [3.63, 3.8) is 0 Å². The zero-order valence-corrected chi connectivity index (χ0v) is 70.1. The molecule has 3 aliphatic heterocycles. The normalized spacial score (nSPS) is 14.9. The van der Waals surface area contributed by atoms with E-state index in [9.17, 15) is 14.8 Å². The molecule has 0 aliphatic carbocycles. The van der Waals surface area contributed by atoms with Gasteiger partial charge < -0.3 is 59.3 Å². The molecule has 600 valence electrons. The molecule has 0 bridgehead atoms. The number of benzene rings is 3. The molecule has 3 aliphatic rings. The molecule has 31 heteroatoms. The van der Waals surface area contributed by atoms with E-state index in [0.29, 0.717) is 101 Å². The van der Waals surface area contributed by atoms with Crippen LogP contribution >= 0.6 is 0 Å². The third-order valence-corrected chi connectivity index (χ3v) is 25.3. The number of allylic oxidation sites excluding steroid dienone is 1. The average molecular weight is 1590 g/mol. The lowest BCUT2D eigenvalue weighted by molar-refractivity contribution is 0.0517. The number of ketones is 1. The topological polar surface area (TPSA) is 309 Å². The number of nitrogens with one attached hydrogen (secondary N) is 2. The van der Waals surface area contributed by atoms with Gasteiger partial charge in [0.05, 0.1) is 63.2 Å². The monoisotopic (exact) mass is 1590 g/mol. The Balaban J connectivity index is 0.000000147. The Hall–Kier alpha value is -9.61. The fourth-order valence-corrected chi connectivity index (χ4v) is 17.0. The SMILES string of the molecule is C=C(C)c1c(CN(B(C)O)C2CCOCC2)nc2c(-c3cnc4ccccc4c3)cnn2c1N(COCC[Si](C)(C)C)COCC[Si](C)(C)C.CB(O)N(Cc1nc2c(-c3cnc4ccccc4c3)cnn2c(N)c1C(C)=O)C1CCOCC1.Cc1[nH]nc2c1c(CNC1CCOCC1)nc1c(-c3cnc4ccccc4c3)cnn12. The van der Waals surface area contributed by atoms with Crippen molar-refractivity contribution >= 4 is 114 Å². The minimum absolute atomic E-state index is 0.127. The average Bonchev–Trinajstić information content (AvgIpc) is 1.66. The summed E-state index contributed by atoms with van der Waals surface area (Å²) in [5, 5.41) is 51.2. The summed E-state index contributed by atoms with van der Waals surface area (Å²) in [5.74, 6) is 0.880. The highest BCUT2D eigenvalue weighted by atomic mass is 28.3. The number of fused-ring (bicyclic) bond motifs is 8. The van der Waals surface area contributed by atoms with Crippen LogP contribution in [0, 0.1) is 6.92 Å². The zero-order chi connectivity index (χ0) is 80.7. The number of hydrogen-bond donors (Lipinski definition) is 5. The van der Waals surface area contributed by atoms with Gasteiger partial charge in [-0.15, -0.1) is 0 Å². The molecular weight excluding hydrogens is 1480 g/mol. The molecule has 0 saturated carbocycles. The van der Waals surface area contributed by atoms with Crippen LogP contribution in [0.4, 0.5) is 11.6 Å². The molecule has 0 unspecified atom stereocenters. The maximum absolute atomic E-state index is 12.6. The molecule has 0 radical (unpaired) electrons. The van der Waals surface area contributed by atoms with Gasteiger partial charge in [0, 0.05) is 186 Å². The molecular formula is C84H107B2N19O8Si2. The number of nitrogen functional groups attached to an aromatic ring is 1. The number of ether oxygens (including phenoxy) is 5. The number of hydrogen-bond acceptors (Lipinski definition) is 23. The van der Waals surface area contributed by atoms with Crippen molar-refractivity contribution in [3.8, 4) is 33.4 Å². The van der Waals surface area contributed by atoms with Gasteiger partial charge in [-0.25, -0.2) is 15.0 Å². The van der Waals surface area contributed by atoms with Crippen LogP contribution in [-0.4, -0.2) is 209 Å². The number of carbonyl (C=O) groups excluding carboxylic acids is 1. The van der Waals surface area contributed by atoms with Crippen molar-refractivity contribution in [2.75, 3.05) is 77.0 Å². The van der Waals surface area contributed by atoms with Crippen LogP contribution in [0.5, 0.6) is 0 Å². The molecule has 16 rings (SSSR count). The third-order valence-electron chi connectivity index (χ3n) is 21.9. The molecule has 3 saturated heterocycles. The van der Waals surface area contributed by atoms with Crippen LogP contribution < -0.4 is 16.0 Å². The van der Waals surface area contributed by atoms with Gasteiger partial charge in [-0.2, -0.15) is 33.9 Å². The molecule has 10 aromatic heterocycles. The van der Waals surface area contributed by atoms with E-state index in [0.717, 1.165) is 181 Å². The Morgan fingerprint density at radius 1 is 0.583 bits per heavy atom. The smallest absolute Gasteiger partial charge is 0.376 e. The van der Waals surface area contributed by atoms with Gasteiger partial charge >= 0.3 is 14.1 Å². The van der Waals surface area contributed by atoms with E-state index in [4.69, 9.17) is 54.5 Å². The second-order valence-corrected chi connectivity index (χ2v) is 44.2. The van der Waals surface area contributed by atoms with E-state index >= 15 is 0 Å². The molecule has 13 aromatic rings. The summed E-state index contributed by atoms with van der Waals surface area (Å²) < 4.78 is 34.8. The van der Waals surface area contributed by atoms with Gasteiger partial charge in [-0.3, -0.25) is 24.8 Å². The first kappa shape index (κ1) is 81.9. The van der Waals surface area contributed by atoms with Crippen molar-refractivity contribution in [2.24, 2.45) is 0 Å². The summed E-state index contributed by atoms with van der Waals surface area (Å²) in [5.41, 5.74) is 22.9. The van der Waals surface area contributed by atoms with Gasteiger partial charge in [-0.05, 0) is 127 Å². The van der Waals surface area contributed by atoms with Gasteiger partial charge in [0.15, 0.2) is 28.4 Å². The second kappa shape index (κ2) is 36.3. The van der Waals surface area contributed by atoms with E-state index in [1.165, 1.54) is 11.4 Å². The largest absolute Gasteiger partial charge is 0.437 e. The number of aromatic nitrogens is 14. The number of nitrogens with two attached hydrogens (primary N) is 1. The first-order chi connectivity index (χ1) is 55.4. The van der Waals surface area contributed by atoms with E-state index in [1.807, 2.05) is 126 Å². The van der Waals surface area contributed by atoms with Gasteiger partial charge in [0.25, 0.3) is 0 Å². The van der Waals surface area contributed by atoms with Gasteiger partial charge in [-0.1, -0.05) is 100 Å². The fraction of sp³-hybridized carbons (Fsp3) is 0.417. The van der Waals surface area contributed by atoms with E-state index in [2.05, 4.69) is 116 Å². The Kier molecular flexibility index (Phi) is 25.8. The quantitative estimate of drug-likeness (QED) is 0.0138. The summed E-state index contributed by atoms with van der Waals surface area (Å²) >= 11 is 0. The maximum Gasteiger partial charge on any atom is 0.376 e. The highest BCUT2D eigenvalue weighted by molar-refractivity contribution is 6.76. The molecule has 27 nitrogen and oxygen atoms in total. The Morgan fingerprint density at radius 2 is 0.991 bits per heavy atom. The number of aryl methyl sites for hydroxylation is 1. The Labute approximate surface area is 673 Å². The number of pyridine rings is 3. The molecule has 3 fully saturated rings. The minimum Gasteiger partial charge on any atom is -0.437 e. The van der Waals surface area contributed by atoms with Gasteiger partial charge in [0.2, 0.25) is 0 Å². The van der Waals surface area contributed by atoms with Crippen molar-refractivity contribution in [1.29, 1.82) is 0 Å². The number of aromatic amines is 1. The predicted molar refractivity (Wildman–Crippen MR) is 462 cm³/mol. The first-order valence-electron chi connectivity index (χ1n) is 40.2. The number of Topliss-reactive ketones (excluding diaryl/α,β-unsaturated/α-hetero) is 1. The molecule has 0 atom stereocenters. The molecule has 0 spiro atoms. The number of para-hydroxylation sites is 3. The molecule has 115 heavy (non-hydrogen) atoms. The Morgan fingerprint density at radius 3 is 1.43 bits per heavy atom. The number of carbonyl (C=O) groups is 1. The predicted octanol–water partition coefficient (Wildman–Crippen LogP) is 13.7. The molecule has 3 aromatic carbocycles. The highest BCUT2D eigenvalue weighted by Crippen LogP contribution is 2.38. The van der Waals surface area contributed by atoms with Crippen LogP contribution in [-0.2, 0) is 43.3 Å². The lowest BCUT2D eigenvalue weighted by Crippen LogP contribution is -2.47. The summed E-state index contributed by atoms with van der Waals surface area (Å²) in [7, 11) is -3.98. The molecule has 0 amide bonds. The van der Waals surface area contributed by atoms with Crippen molar-refractivity contribution in [1.82, 2.24) is 83.9 Å². The van der Waals surface area contributed by atoms with Crippen LogP contribution in [0.25, 0.3) is 99.6 Å². The summed E-state index contributed by atoms with van der Waals surface area (Å²) in [6, 6.07) is 33.3. The van der Waals surface area contributed by atoms with E-state index in [-0.39, 0.29) is 23.7 Å². The van der Waals surface area contributed by atoms with Crippen molar-refractivity contribution < 1.29 is 38.5 Å². The van der Waals surface area contributed by atoms with E-state index < -0.39 is 30.2 Å². The summed E-state index contributed by atoms with van der Waals surface area (Å²) in [6.07, 6.45) is 16.4. The molecule has 13 heterocycles. The van der Waals surface area contributed by atoms with Crippen molar-refractivity contribution in [2.45, 2.75) is 162 Å². The zero-order valence-electron chi connectivity index (χ0n) is 68.1.